The highest BCUT2D eigenvalue weighted by molar-refractivity contribution is 7.91. The number of nitrogens with one attached hydrogen (secondary N) is 3. The van der Waals surface area contributed by atoms with Crippen molar-refractivity contribution < 1.29 is 18.0 Å². The molecule has 3 N–H and O–H groups in total. The second-order valence-corrected chi connectivity index (χ2v) is 14.0. The summed E-state index contributed by atoms with van der Waals surface area (Å²) in [4.78, 5) is 26.5. The van der Waals surface area contributed by atoms with E-state index in [0.717, 1.165) is 25.8 Å². The molecule has 2 amide bonds. The third kappa shape index (κ3) is 3.11. The molecule has 0 aromatic rings. The van der Waals surface area contributed by atoms with Gasteiger partial charge in [0.05, 0.1) is 10.8 Å². The van der Waals surface area contributed by atoms with Crippen LogP contribution in [-0.4, -0.2) is 43.1 Å². The van der Waals surface area contributed by atoms with Gasteiger partial charge in [0, 0.05) is 6.54 Å². The Morgan fingerprint density at radius 1 is 1.03 bits per heavy atom. The van der Waals surface area contributed by atoms with Crippen LogP contribution >= 0.6 is 12.4 Å². The third-order valence-electron chi connectivity index (χ3n) is 10.6. The molecular weight excluding hydrogens is 462 g/mol. The number of halogens is 1. The molecule has 0 radical (unpaired) electrons. The van der Waals surface area contributed by atoms with Gasteiger partial charge in [-0.3, -0.25) is 14.3 Å². The maximum atomic E-state index is 13.3. The molecule has 1 saturated heterocycles. The number of carbonyl (C=O) groups is 2. The third-order valence-corrected chi connectivity index (χ3v) is 12.8. The smallest absolute Gasteiger partial charge is 0.259 e. The number of hydrogen-bond donors (Lipinski definition) is 3. The molecule has 0 unspecified atom stereocenters. The Bertz CT molecular complexity index is 959. The predicted molar refractivity (Wildman–Crippen MR) is 129 cm³/mol. The van der Waals surface area contributed by atoms with Crippen molar-refractivity contribution in [1.82, 2.24) is 15.4 Å². The summed E-state index contributed by atoms with van der Waals surface area (Å²) in [5.41, 5.74) is -0.307. The van der Waals surface area contributed by atoms with Gasteiger partial charge >= 0.3 is 0 Å². The summed E-state index contributed by atoms with van der Waals surface area (Å²) < 4.78 is 27.5. The van der Waals surface area contributed by atoms with E-state index in [2.05, 4.69) is 29.2 Å². The summed E-state index contributed by atoms with van der Waals surface area (Å²) in [6.07, 6.45) is 8.35. The Morgan fingerprint density at radius 3 is 2.15 bits per heavy atom. The van der Waals surface area contributed by atoms with E-state index in [1.54, 1.807) is 0 Å². The highest BCUT2D eigenvalue weighted by atomic mass is 35.5. The molecule has 4 saturated carbocycles. The van der Waals surface area contributed by atoms with Gasteiger partial charge in [-0.15, -0.1) is 12.4 Å². The number of carbonyl (C=O) groups excluding carboxylic acids is 2. The van der Waals surface area contributed by atoms with Crippen molar-refractivity contribution in [2.24, 2.45) is 22.2 Å². The maximum Gasteiger partial charge on any atom is 0.259 e. The molecule has 7 nitrogen and oxygen atoms in total. The Labute approximate surface area is 204 Å². The number of hydrogen-bond acceptors (Lipinski definition) is 5. The summed E-state index contributed by atoms with van der Waals surface area (Å²) in [6, 6.07) is -0.316. The largest absolute Gasteiger partial charge is 0.340 e. The van der Waals surface area contributed by atoms with Crippen LogP contribution in [0.4, 0.5) is 0 Å². The van der Waals surface area contributed by atoms with E-state index in [1.807, 2.05) is 13.8 Å². The Hall–Kier alpha value is -0.860. The van der Waals surface area contributed by atoms with Crippen LogP contribution in [0, 0.1) is 22.2 Å². The lowest BCUT2D eigenvalue weighted by Gasteiger charge is -2.31. The van der Waals surface area contributed by atoms with E-state index in [-0.39, 0.29) is 41.1 Å². The molecule has 0 aromatic carbocycles. The first-order valence-corrected chi connectivity index (χ1v) is 14.1. The zero-order valence-electron chi connectivity index (χ0n) is 20.4. The van der Waals surface area contributed by atoms with Crippen molar-refractivity contribution in [3.63, 3.8) is 0 Å². The van der Waals surface area contributed by atoms with Crippen LogP contribution in [0.25, 0.3) is 0 Å². The van der Waals surface area contributed by atoms with Crippen LogP contribution in [0.5, 0.6) is 0 Å². The molecule has 2 spiro atoms. The molecule has 1 heterocycles. The monoisotopic (exact) mass is 501 g/mol. The van der Waals surface area contributed by atoms with Crippen molar-refractivity contribution in [2.45, 2.75) is 108 Å². The second kappa shape index (κ2) is 7.57. The topological polar surface area (TPSA) is 104 Å². The normalized spacial score (nSPS) is 38.2. The summed E-state index contributed by atoms with van der Waals surface area (Å²) >= 11 is 0. The van der Waals surface area contributed by atoms with E-state index in [4.69, 9.17) is 0 Å². The maximum absolute atomic E-state index is 13.3. The van der Waals surface area contributed by atoms with Crippen LogP contribution in [0.2, 0.25) is 0 Å². The number of fused-ring (bicyclic) bond motifs is 1. The fourth-order valence-corrected chi connectivity index (χ4v) is 9.65. The number of amides is 2. The van der Waals surface area contributed by atoms with Crippen molar-refractivity contribution in [3.05, 3.63) is 0 Å². The summed E-state index contributed by atoms with van der Waals surface area (Å²) in [7, 11) is -3.74. The molecule has 1 aliphatic heterocycles. The summed E-state index contributed by atoms with van der Waals surface area (Å²) in [6.45, 7) is 9.47. The second-order valence-electron chi connectivity index (χ2n) is 11.9. The minimum Gasteiger partial charge on any atom is -0.340 e. The van der Waals surface area contributed by atoms with E-state index in [0.29, 0.717) is 31.1 Å². The van der Waals surface area contributed by atoms with Gasteiger partial charge in [-0.1, -0.05) is 47.0 Å². The molecule has 0 aromatic heterocycles. The molecule has 33 heavy (non-hydrogen) atoms. The van der Waals surface area contributed by atoms with E-state index in [9.17, 15) is 18.0 Å². The highest BCUT2D eigenvalue weighted by Gasteiger charge is 2.84. The van der Waals surface area contributed by atoms with Crippen LogP contribution in [-0.2, 0) is 19.6 Å². The average molecular weight is 502 g/mol. The zero-order valence-corrected chi connectivity index (χ0v) is 22.0. The Kier molecular flexibility index (Phi) is 5.79. The first kappa shape index (κ1) is 25.2. The molecule has 5 aliphatic rings. The Morgan fingerprint density at radius 2 is 1.70 bits per heavy atom. The van der Waals surface area contributed by atoms with Crippen LogP contribution < -0.4 is 15.4 Å². The molecule has 5 fully saturated rings. The molecule has 5 rings (SSSR count). The lowest BCUT2D eigenvalue weighted by Crippen LogP contribution is -2.56. The van der Waals surface area contributed by atoms with Gasteiger partial charge in [-0.25, -0.2) is 8.42 Å². The SMILES string of the molecule is CCCC1(S(=O)(=O)NC(=O)[C@@]2(NC(=O)[C@@H]3C[C@@]4(CN3)C(C)(C)C43CCC3)C[C@@H]2CC)CC1.Cl. The van der Waals surface area contributed by atoms with Crippen LogP contribution in [0.15, 0.2) is 0 Å². The minimum absolute atomic E-state index is 0. The quantitative estimate of drug-likeness (QED) is 0.474. The van der Waals surface area contributed by atoms with Crippen molar-refractivity contribution >= 4 is 34.2 Å². The van der Waals surface area contributed by atoms with Crippen molar-refractivity contribution in [1.29, 1.82) is 0 Å². The van der Waals surface area contributed by atoms with Gasteiger partial charge in [-0.05, 0) is 67.1 Å². The molecule has 188 valence electrons. The predicted octanol–water partition coefficient (Wildman–Crippen LogP) is 3.03. The van der Waals surface area contributed by atoms with Gasteiger partial charge in [-0.2, -0.15) is 0 Å². The number of sulfonamides is 1. The van der Waals surface area contributed by atoms with E-state index < -0.39 is 26.2 Å². The van der Waals surface area contributed by atoms with E-state index >= 15 is 0 Å². The molecule has 0 bridgehead atoms. The fourth-order valence-electron chi connectivity index (χ4n) is 7.90. The Balaban J connectivity index is 0.00000259. The first-order valence-electron chi connectivity index (χ1n) is 12.6. The lowest BCUT2D eigenvalue weighted by atomic mass is 9.73. The first-order chi connectivity index (χ1) is 15.0. The average Bonchev–Trinajstić information content (AvgIpc) is 3.60. The fraction of sp³-hybridized carbons (Fsp3) is 0.917. The zero-order chi connectivity index (χ0) is 23.2. The molecule has 4 atom stereocenters. The van der Waals surface area contributed by atoms with Crippen LogP contribution in [0.1, 0.15) is 91.9 Å². The summed E-state index contributed by atoms with van der Waals surface area (Å²) in [5.74, 6) is -0.721. The lowest BCUT2D eigenvalue weighted by molar-refractivity contribution is -0.130. The van der Waals surface area contributed by atoms with Crippen molar-refractivity contribution in [2.75, 3.05) is 6.54 Å². The molecule has 9 heteroatoms. The van der Waals surface area contributed by atoms with Gasteiger partial charge in [0.15, 0.2) is 0 Å². The van der Waals surface area contributed by atoms with Gasteiger partial charge in [0.2, 0.25) is 15.9 Å². The van der Waals surface area contributed by atoms with Crippen LogP contribution in [0.3, 0.4) is 0 Å². The number of rotatable bonds is 8. The van der Waals surface area contributed by atoms with Gasteiger partial charge in [0.1, 0.15) is 5.54 Å². The highest BCUT2D eigenvalue weighted by Crippen LogP contribution is 2.87. The standard InChI is InChI=1S/C24H39N3O4S.ClH/c1-5-8-21(11-12-21)32(30,31)27-19(29)24(13-16(24)6-2)26-18(28)17-14-23(15-25-17)20(3,4)22(23)9-7-10-22;/h16-17,25H,5-15H2,1-4H3,(H,26,28)(H,27,29);1H/t16-,17-,23+,24+;/m0./s1. The van der Waals surface area contributed by atoms with Crippen molar-refractivity contribution in [3.8, 4) is 0 Å². The molecule has 4 aliphatic carbocycles. The van der Waals surface area contributed by atoms with Gasteiger partial charge < -0.3 is 10.6 Å². The molecular formula is C24H40ClN3O4S. The minimum atomic E-state index is -3.74. The van der Waals surface area contributed by atoms with Gasteiger partial charge in [0.25, 0.3) is 5.91 Å². The van der Waals surface area contributed by atoms with E-state index in [1.165, 1.54) is 19.3 Å². The summed E-state index contributed by atoms with van der Waals surface area (Å²) in [5, 5.41) is 6.46.